The lowest BCUT2D eigenvalue weighted by atomic mass is 10.1. The molecular weight excluding hydrogens is 273 g/mol. The number of hydrogen-bond acceptors (Lipinski definition) is 4. The van der Waals surface area contributed by atoms with Crippen molar-refractivity contribution in [2.45, 2.75) is 13.0 Å². The van der Waals surface area contributed by atoms with Crippen LogP contribution in [0.15, 0.2) is 24.3 Å². The normalized spacial score (nSPS) is 20.0. The molecular formula is C12H14FNO4S. The maximum absolute atomic E-state index is 12.6. The van der Waals surface area contributed by atoms with Crippen LogP contribution in [0.2, 0.25) is 0 Å². The highest BCUT2D eigenvalue weighted by Crippen LogP contribution is 2.26. The number of carbonyl (C=O) groups excluding carboxylic acids is 1. The summed E-state index contributed by atoms with van der Waals surface area (Å²) in [5, 5.41) is 8.93. The molecule has 19 heavy (non-hydrogen) atoms. The molecule has 0 spiro atoms. The molecule has 1 N–H and O–H groups in total. The van der Waals surface area contributed by atoms with E-state index < -0.39 is 21.9 Å². The van der Waals surface area contributed by atoms with Gasteiger partial charge in [0.1, 0.15) is 0 Å². The molecule has 1 aliphatic heterocycles. The van der Waals surface area contributed by atoms with Gasteiger partial charge in [-0.05, 0) is 17.7 Å². The zero-order valence-corrected chi connectivity index (χ0v) is 10.9. The smallest absolute Gasteiger partial charge is 0.302 e. The summed E-state index contributed by atoms with van der Waals surface area (Å²) in [7, 11) is -4.56. The molecule has 0 bridgehead atoms. The largest absolute Gasteiger partial charge is 0.392 e. The minimum Gasteiger partial charge on any atom is -0.392 e. The van der Waals surface area contributed by atoms with E-state index in [0.29, 0.717) is 5.69 Å². The predicted molar refractivity (Wildman–Crippen MR) is 67.7 cm³/mol. The highest BCUT2D eigenvalue weighted by Gasteiger charge is 2.33. The molecule has 0 saturated carbocycles. The summed E-state index contributed by atoms with van der Waals surface area (Å²) < 4.78 is 33.8. The second-order valence-electron chi connectivity index (χ2n) is 4.60. The lowest BCUT2D eigenvalue weighted by Gasteiger charge is -2.16. The molecule has 1 unspecified atom stereocenters. The van der Waals surface area contributed by atoms with Crippen molar-refractivity contribution in [1.82, 2.24) is 0 Å². The highest BCUT2D eigenvalue weighted by molar-refractivity contribution is 7.86. The van der Waals surface area contributed by atoms with E-state index in [2.05, 4.69) is 0 Å². The van der Waals surface area contributed by atoms with Crippen LogP contribution in [0.5, 0.6) is 0 Å². The number of anilines is 1. The number of amides is 1. The number of aliphatic hydroxyl groups excluding tert-OH is 1. The van der Waals surface area contributed by atoms with Crippen LogP contribution in [0.4, 0.5) is 9.57 Å². The Morgan fingerprint density at radius 3 is 2.47 bits per heavy atom. The van der Waals surface area contributed by atoms with E-state index in [-0.39, 0.29) is 25.5 Å². The molecule has 1 heterocycles. The highest BCUT2D eigenvalue weighted by atomic mass is 32.3. The fourth-order valence-electron chi connectivity index (χ4n) is 2.21. The number of rotatable bonds is 4. The fraction of sp³-hybridized carbons (Fsp3) is 0.417. The van der Waals surface area contributed by atoms with Crippen molar-refractivity contribution in [3.8, 4) is 0 Å². The summed E-state index contributed by atoms with van der Waals surface area (Å²) in [4.78, 5) is 13.2. The van der Waals surface area contributed by atoms with Crippen LogP contribution in [0.25, 0.3) is 0 Å². The topological polar surface area (TPSA) is 74.7 Å². The first-order valence-electron chi connectivity index (χ1n) is 5.81. The van der Waals surface area contributed by atoms with Crippen LogP contribution in [-0.4, -0.2) is 31.7 Å². The van der Waals surface area contributed by atoms with Crippen LogP contribution in [-0.2, 0) is 21.6 Å². The van der Waals surface area contributed by atoms with Gasteiger partial charge in [-0.25, -0.2) is 0 Å². The van der Waals surface area contributed by atoms with Crippen molar-refractivity contribution < 1.29 is 22.2 Å². The molecule has 7 heteroatoms. The van der Waals surface area contributed by atoms with E-state index in [4.69, 9.17) is 5.11 Å². The minimum atomic E-state index is -4.56. The number of aliphatic hydroxyl groups is 1. The summed E-state index contributed by atoms with van der Waals surface area (Å²) in [6, 6.07) is 6.72. The Kier molecular flexibility index (Phi) is 3.86. The Morgan fingerprint density at radius 2 is 1.95 bits per heavy atom. The van der Waals surface area contributed by atoms with E-state index in [9.17, 15) is 17.1 Å². The maximum Gasteiger partial charge on any atom is 0.302 e. The minimum absolute atomic E-state index is 0.0326. The van der Waals surface area contributed by atoms with Gasteiger partial charge in [0.25, 0.3) is 0 Å². The Morgan fingerprint density at radius 1 is 1.32 bits per heavy atom. The SMILES string of the molecule is O=C1CC(CS(=O)(=O)F)CN1c1ccc(CO)cc1. The van der Waals surface area contributed by atoms with Crippen molar-refractivity contribution in [2.75, 3.05) is 17.2 Å². The summed E-state index contributed by atoms with van der Waals surface area (Å²) in [6.45, 7) is 0.109. The summed E-state index contributed by atoms with van der Waals surface area (Å²) in [6.07, 6.45) is 0.0326. The van der Waals surface area contributed by atoms with Crippen LogP contribution in [0.3, 0.4) is 0 Å². The molecule has 0 radical (unpaired) electrons. The van der Waals surface area contributed by atoms with Gasteiger partial charge < -0.3 is 10.0 Å². The second kappa shape index (κ2) is 5.26. The van der Waals surface area contributed by atoms with Gasteiger partial charge in [0.2, 0.25) is 5.91 Å². The number of benzene rings is 1. The first-order chi connectivity index (χ1) is 8.89. The quantitative estimate of drug-likeness (QED) is 0.832. The van der Waals surface area contributed by atoms with Gasteiger partial charge in [-0.2, -0.15) is 8.42 Å². The van der Waals surface area contributed by atoms with Crippen LogP contribution >= 0.6 is 0 Å². The molecule has 5 nitrogen and oxygen atoms in total. The predicted octanol–water partition coefficient (Wildman–Crippen LogP) is 0.831. The van der Waals surface area contributed by atoms with Crippen molar-refractivity contribution in [3.63, 3.8) is 0 Å². The third-order valence-corrected chi connectivity index (χ3v) is 3.94. The third-order valence-electron chi connectivity index (χ3n) is 3.07. The van der Waals surface area contributed by atoms with E-state index in [0.717, 1.165) is 5.56 Å². The molecule has 1 fully saturated rings. The molecule has 0 aromatic heterocycles. The second-order valence-corrected chi connectivity index (χ2v) is 6.02. The molecule has 104 valence electrons. The van der Waals surface area contributed by atoms with Crippen LogP contribution in [0, 0.1) is 5.92 Å². The van der Waals surface area contributed by atoms with E-state index in [1.165, 1.54) is 4.90 Å². The standard InChI is InChI=1S/C12H14FNO4S/c13-19(17,18)8-10-5-12(16)14(6-10)11-3-1-9(7-15)2-4-11/h1-4,10,15H,5-8H2. The number of carbonyl (C=O) groups is 1. The lowest BCUT2D eigenvalue weighted by Crippen LogP contribution is -2.25. The summed E-state index contributed by atoms with van der Waals surface area (Å²) in [5.41, 5.74) is 1.35. The monoisotopic (exact) mass is 287 g/mol. The van der Waals surface area contributed by atoms with Crippen molar-refractivity contribution in [1.29, 1.82) is 0 Å². The van der Waals surface area contributed by atoms with Crippen molar-refractivity contribution in [3.05, 3.63) is 29.8 Å². The zero-order valence-electron chi connectivity index (χ0n) is 10.1. The average molecular weight is 287 g/mol. The summed E-state index contributed by atoms with van der Waals surface area (Å²) >= 11 is 0. The average Bonchev–Trinajstić information content (AvgIpc) is 2.68. The zero-order chi connectivity index (χ0) is 14.0. The Bertz CT molecular complexity index is 570. The van der Waals surface area contributed by atoms with E-state index >= 15 is 0 Å². The number of hydrogen-bond donors (Lipinski definition) is 1. The number of nitrogens with zero attached hydrogens (tertiary/aromatic N) is 1. The molecule has 1 aromatic rings. The van der Waals surface area contributed by atoms with Gasteiger partial charge in [0.05, 0.1) is 12.4 Å². The van der Waals surface area contributed by atoms with E-state index in [1.807, 2.05) is 0 Å². The molecule has 2 rings (SSSR count). The van der Waals surface area contributed by atoms with Gasteiger partial charge >= 0.3 is 10.2 Å². The van der Waals surface area contributed by atoms with Gasteiger partial charge in [0.15, 0.2) is 0 Å². The third kappa shape index (κ3) is 3.51. The Balaban J connectivity index is 2.11. The van der Waals surface area contributed by atoms with Crippen molar-refractivity contribution >= 4 is 21.8 Å². The van der Waals surface area contributed by atoms with Crippen LogP contribution in [0.1, 0.15) is 12.0 Å². The maximum atomic E-state index is 12.6. The molecule has 0 aliphatic carbocycles. The summed E-state index contributed by atoms with van der Waals surface area (Å²) in [5.74, 6) is -1.35. The molecule has 1 amide bonds. The lowest BCUT2D eigenvalue weighted by molar-refractivity contribution is -0.117. The van der Waals surface area contributed by atoms with E-state index in [1.54, 1.807) is 24.3 Å². The fourth-order valence-corrected chi connectivity index (χ4v) is 2.99. The van der Waals surface area contributed by atoms with Gasteiger partial charge in [-0.3, -0.25) is 4.79 Å². The van der Waals surface area contributed by atoms with Gasteiger partial charge in [0, 0.05) is 24.6 Å². The molecule has 1 saturated heterocycles. The first-order valence-corrected chi connectivity index (χ1v) is 7.37. The number of halogens is 1. The van der Waals surface area contributed by atoms with Gasteiger partial charge in [-0.15, -0.1) is 3.89 Å². The van der Waals surface area contributed by atoms with Crippen LogP contribution < -0.4 is 4.90 Å². The molecule has 1 aromatic carbocycles. The molecule has 1 atom stereocenters. The van der Waals surface area contributed by atoms with Gasteiger partial charge in [-0.1, -0.05) is 12.1 Å². The van der Waals surface area contributed by atoms with Crippen molar-refractivity contribution in [2.24, 2.45) is 5.92 Å². The first kappa shape index (κ1) is 14.0. The Labute approximate surface area is 110 Å². The molecule has 1 aliphatic rings. The Hall–Kier alpha value is -1.47.